The maximum atomic E-state index is 4.03. The lowest BCUT2D eigenvalue weighted by Crippen LogP contribution is -2.50. The second-order valence-electron chi connectivity index (χ2n) is 4.97. The fourth-order valence-corrected chi connectivity index (χ4v) is 5.11. The summed E-state index contributed by atoms with van der Waals surface area (Å²) >= 11 is 0. The summed E-state index contributed by atoms with van der Waals surface area (Å²) in [6.45, 7) is 13.5. The van der Waals surface area contributed by atoms with Gasteiger partial charge in [0.1, 0.15) is 0 Å². The van der Waals surface area contributed by atoms with Gasteiger partial charge in [-0.2, -0.15) is 0 Å². The Kier molecular flexibility index (Phi) is 3.56. The molecule has 0 fully saturated rings. The van der Waals surface area contributed by atoms with E-state index in [2.05, 4.69) is 69.9 Å². The second kappa shape index (κ2) is 4.36. The molecule has 0 bridgehead atoms. The van der Waals surface area contributed by atoms with E-state index in [1.165, 1.54) is 11.6 Å². The fourth-order valence-electron chi connectivity index (χ4n) is 2.03. The van der Waals surface area contributed by atoms with Gasteiger partial charge < -0.3 is 0 Å². The van der Waals surface area contributed by atoms with Gasteiger partial charge in [-0.1, -0.05) is 68.5 Å². The van der Waals surface area contributed by atoms with Crippen molar-refractivity contribution in [2.75, 3.05) is 0 Å². The second-order valence-corrected chi connectivity index (χ2v) is 9.94. The maximum Gasteiger partial charge on any atom is 0.0901 e. The predicted molar refractivity (Wildman–Crippen MR) is 72.4 cm³/mol. The van der Waals surface area contributed by atoms with Crippen molar-refractivity contribution in [3.63, 3.8) is 0 Å². The van der Waals surface area contributed by atoms with Crippen molar-refractivity contribution in [1.82, 2.24) is 0 Å². The van der Waals surface area contributed by atoms with Gasteiger partial charge in [0, 0.05) is 0 Å². The number of hydrogen-bond acceptors (Lipinski definition) is 0. The first-order valence-corrected chi connectivity index (χ1v) is 8.67. The van der Waals surface area contributed by atoms with Gasteiger partial charge in [0.25, 0.3) is 0 Å². The molecular formula is C14H22Si. The minimum absolute atomic E-state index is 0.286. The van der Waals surface area contributed by atoms with Crippen molar-refractivity contribution in [1.29, 1.82) is 0 Å². The first-order chi connectivity index (χ1) is 6.98. The average Bonchev–Trinajstić information content (AvgIpc) is 2.29. The van der Waals surface area contributed by atoms with Gasteiger partial charge in [-0.05, 0) is 11.5 Å². The van der Waals surface area contributed by atoms with E-state index in [1.807, 2.05) is 0 Å². The van der Waals surface area contributed by atoms with Crippen molar-refractivity contribution in [2.24, 2.45) is 0 Å². The maximum absolute atomic E-state index is 4.03. The Morgan fingerprint density at radius 1 is 1.27 bits per heavy atom. The smallest absolute Gasteiger partial charge is 0.0901 e. The molecule has 0 nitrogen and oxygen atoms in total. The summed E-state index contributed by atoms with van der Waals surface area (Å²) in [5.74, 6) is 0. The Balaban J connectivity index is 3.17. The fraction of sp³-hybridized carbons (Fsp3) is 0.429. The molecule has 0 saturated carbocycles. The molecule has 1 rings (SSSR count). The summed E-state index contributed by atoms with van der Waals surface area (Å²) in [6, 6.07) is 10.9. The molecule has 0 saturated heterocycles. The molecule has 1 aromatic carbocycles. The van der Waals surface area contributed by atoms with E-state index < -0.39 is 8.07 Å². The van der Waals surface area contributed by atoms with Crippen LogP contribution in [0.2, 0.25) is 18.1 Å². The Hall–Kier alpha value is -0.823. The number of rotatable bonds is 4. The van der Waals surface area contributed by atoms with Crippen LogP contribution in [-0.2, 0) is 0 Å². The van der Waals surface area contributed by atoms with Crippen LogP contribution < -0.4 is 5.19 Å². The SMILES string of the molecule is C=CC(C)(CC)[Si](C)(C)c1ccccc1. The largest absolute Gasteiger partial charge is 0.103 e. The first-order valence-electron chi connectivity index (χ1n) is 5.67. The van der Waals surface area contributed by atoms with Gasteiger partial charge >= 0.3 is 0 Å². The number of benzene rings is 1. The number of allylic oxidation sites excluding steroid dienone is 1. The summed E-state index contributed by atoms with van der Waals surface area (Å²) in [5, 5.41) is 1.81. The molecule has 0 N–H and O–H groups in total. The zero-order valence-corrected chi connectivity index (χ0v) is 11.4. The average molecular weight is 218 g/mol. The van der Waals surface area contributed by atoms with Gasteiger partial charge in [-0.25, -0.2) is 0 Å². The molecule has 15 heavy (non-hydrogen) atoms. The highest BCUT2D eigenvalue weighted by atomic mass is 28.3. The summed E-state index contributed by atoms with van der Waals surface area (Å²) in [6.07, 6.45) is 3.33. The van der Waals surface area contributed by atoms with Gasteiger partial charge in [0.2, 0.25) is 0 Å². The van der Waals surface area contributed by atoms with E-state index in [0.717, 1.165) is 0 Å². The van der Waals surface area contributed by atoms with Crippen LogP contribution >= 0.6 is 0 Å². The molecule has 0 radical (unpaired) electrons. The zero-order valence-electron chi connectivity index (χ0n) is 10.4. The van der Waals surface area contributed by atoms with Crippen molar-refractivity contribution in [3.05, 3.63) is 43.0 Å². The highest BCUT2D eigenvalue weighted by Crippen LogP contribution is 2.41. The predicted octanol–water partition coefficient (Wildman–Crippen LogP) is 3.96. The zero-order chi connectivity index (χ0) is 11.5. The normalized spacial score (nSPS) is 15.7. The Labute approximate surface area is 95.0 Å². The van der Waals surface area contributed by atoms with E-state index in [0.29, 0.717) is 0 Å². The molecule has 0 aliphatic heterocycles. The van der Waals surface area contributed by atoms with E-state index in [-0.39, 0.29) is 5.04 Å². The van der Waals surface area contributed by atoms with Gasteiger partial charge in [0.15, 0.2) is 0 Å². The topological polar surface area (TPSA) is 0 Å². The summed E-state index contributed by atoms with van der Waals surface area (Å²) in [4.78, 5) is 0. The van der Waals surface area contributed by atoms with Crippen LogP contribution in [0.5, 0.6) is 0 Å². The highest BCUT2D eigenvalue weighted by Gasteiger charge is 2.40. The molecule has 1 unspecified atom stereocenters. The quantitative estimate of drug-likeness (QED) is 0.530. The summed E-state index contributed by atoms with van der Waals surface area (Å²) < 4.78 is 0. The lowest BCUT2D eigenvalue weighted by atomic mass is 10.1. The van der Waals surface area contributed by atoms with Crippen LogP contribution in [0.3, 0.4) is 0 Å². The molecule has 0 aliphatic rings. The highest BCUT2D eigenvalue weighted by molar-refractivity contribution is 6.92. The third kappa shape index (κ3) is 2.07. The third-order valence-corrected chi connectivity index (χ3v) is 9.30. The van der Waals surface area contributed by atoms with Gasteiger partial charge in [0.05, 0.1) is 8.07 Å². The lowest BCUT2D eigenvalue weighted by molar-refractivity contribution is 0.696. The van der Waals surface area contributed by atoms with Crippen LogP contribution in [-0.4, -0.2) is 8.07 Å². The molecule has 0 heterocycles. The summed E-state index contributed by atoms with van der Waals surface area (Å²) in [7, 11) is -1.45. The van der Waals surface area contributed by atoms with Crippen LogP contribution in [0.15, 0.2) is 43.0 Å². The molecule has 0 spiro atoms. The minimum Gasteiger partial charge on any atom is -0.103 e. The molecule has 0 aromatic heterocycles. The first kappa shape index (κ1) is 12.2. The molecule has 1 atom stereocenters. The Morgan fingerprint density at radius 2 is 1.80 bits per heavy atom. The summed E-state index contributed by atoms with van der Waals surface area (Å²) in [5.41, 5.74) is 0. The van der Waals surface area contributed by atoms with E-state index in [1.54, 1.807) is 0 Å². The van der Waals surface area contributed by atoms with E-state index in [4.69, 9.17) is 0 Å². The van der Waals surface area contributed by atoms with Crippen LogP contribution in [0.25, 0.3) is 0 Å². The van der Waals surface area contributed by atoms with Crippen molar-refractivity contribution in [2.45, 2.75) is 38.4 Å². The molecule has 0 aliphatic carbocycles. The Morgan fingerprint density at radius 3 is 2.20 bits per heavy atom. The van der Waals surface area contributed by atoms with Crippen molar-refractivity contribution in [3.8, 4) is 0 Å². The molecule has 82 valence electrons. The van der Waals surface area contributed by atoms with Crippen LogP contribution in [0, 0.1) is 0 Å². The molecule has 0 amide bonds. The standard InChI is InChI=1S/C14H22Si/c1-6-14(3,7-2)15(4,5)13-11-9-8-10-12-13/h6,8-12H,1,7H2,2-5H3. The van der Waals surface area contributed by atoms with Gasteiger partial charge in [-0.3, -0.25) is 0 Å². The number of hydrogen-bond donors (Lipinski definition) is 0. The monoisotopic (exact) mass is 218 g/mol. The molecule has 1 aromatic rings. The van der Waals surface area contributed by atoms with Gasteiger partial charge in [-0.15, -0.1) is 6.58 Å². The van der Waals surface area contributed by atoms with Crippen molar-refractivity contribution < 1.29 is 0 Å². The third-order valence-electron chi connectivity index (χ3n) is 4.11. The Bertz CT molecular complexity index is 326. The van der Waals surface area contributed by atoms with Crippen molar-refractivity contribution >= 4 is 13.3 Å². The van der Waals surface area contributed by atoms with E-state index in [9.17, 15) is 0 Å². The molecule has 1 heteroatoms. The van der Waals surface area contributed by atoms with Crippen LogP contribution in [0.1, 0.15) is 20.3 Å². The molecular weight excluding hydrogens is 196 g/mol. The van der Waals surface area contributed by atoms with E-state index >= 15 is 0 Å². The minimum atomic E-state index is -1.45. The van der Waals surface area contributed by atoms with Crippen LogP contribution in [0.4, 0.5) is 0 Å². The lowest BCUT2D eigenvalue weighted by Gasteiger charge is -2.40.